The van der Waals surface area contributed by atoms with Crippen molar-refractivity contribution in [3.05, 3.63) is 29.3 Å². The van der Waals surface area contributed by atoms with Gasteiger partial charge in [-0.1, -0.05) is 17.7 Å². The molecular formula is C20H27F3N2O3S. The average Bonchev–Trinajstić information content (AvgIpc) is 2.66. The first-order valence-electron chi connectivity index (χ1n) is 9.93. The van der Waals surface area contributed by atoms with Gasteiger partial charge in [0.25, 0.3) is 0 Å². The highest BCUT2D eigenvalue weighted by molar-refractivity contribution is 7.89. The first kappa shape index (κ1) is 22.1. The number of halogens is 3. The minimum atomic E-state index is -4.29. The van der Waals surface area contributed by atoms with Gasteiger partial charge in [-0.15, -0.1) is 0 Å². The number of likely N-dealkylation sites (tertiary alicyclic amines) is 1. The lowest BCUT2D eigenvalue weighted by Crippen LogP contribution is -2.49. The topological polar surface area (TPSA) is 57.7 Å². The van der Waals surface area contributed by atoms with Crippen LogP contribution in [0.1, 0.15) is 36.8 Å². The highest BCUT2D eigenvalue weighted by atomic mass is 32.2. The largest absolute Gasteiger partial charge is 0.393 e. The summed E-state index contributed by atoms with van der Waals surface area (Å²) in [6, 6.07) is 5.17. The number of carbonyl (C=O) groups excluding carboxylic acids is 1. The molecule has 1 aromatic carbocycles. The number of aryl methyl sites for hydroxylation is 2. The van der Waals surface area contributed by atoms with Gasteiger partial charge in [-0.2, -0.15) is 17.5 Å². The van der Waals surface area contributed by atoms with E-state index in [4.69, 9.17) is 0 Å². The van der Waals surface area contributed by atoms with E-state index in [2.05, 4.69) is 0 Å². The van der Waals surface area contributed by atoms with E-state index >= 15 is 0 Å². The van der Waals surface area contributed by atoms with Crippen molar-refractivity contribution in [1.82, 2.24) is 9.21 Å². The van der Waals surface area contributed by atoms with Gasteiger partial charge >= 0.3 is 6.18 Å². The summed E-state index contributed by atoms with van der Waals surface area (Å²) in [4.78, 5) is 14.3. The van der Waals surface area contributed by atoms with Gasteiger partial charge in [-0.25, -0.2) is 8.42 Å². The standard InChI is InChI=1S/C20H27F3N2O3S/c1-14-5-6-18(15(2)12-14)29(27,28)25-10-7-16(8-11-25)19(26)24-9-3-4-17(13-24)20(21,22)23/h5-6,12,16-17H,3-4,7-11,13H2,1-2H3/t17-/m0/s1. The number of amides is 1. The van der Waals surface area contributed by atoms with E-state index in [9.17, 15) is 26.4 Å². The van der Waals surface area contributed by atoms with Crippen molar-refractivity contribution < 1.29 is 26.4 Å². The highest BCUT2D eigenvalue weighted by Gasteiger charge is 2.44. The molecule has 0 bridgehead atoms. The van der Waals surface area contributed by atoms with Crippen LogP contribution in [0.25, 0.3) is 0 Å². The van der Waals surface area contributed by atoms with Gasteiger partial charge in [0.2, 0.25) is 15.9 Å². The summed E-state index contributed by atoms with van der Waals surface area (Å²) in [5.41, 5.74) is 1.65. The van der Waals surface area contributed by atoms with E-state index in [1.165, 1.54) is 9.21 Å². The number of hydrogen-bond donors (Lipinski definition) is 0. The Balaban J connectivity index is 1.63. The lowest BCUT2D eigenvalue weighted by Gasteiger charge is -2.38. The second-order valence-corrected chi connectivity index (χ2v) is 10.0. The molecule has 162 valence electrons. The second-order valence-electron chi connectivity index (χ2n) is 8.11. The smallest absolute Gasteiger partial charge is 0.342 e. The van der Waals surface area contributed by atoms with Crippen LogP contribution in [0, 0.1) is 25.7 Å². The number of alkyl halides is 3. The van der Waals surface area contributed by atoms with Crippen molar-refractivity contribution in [3.8, 4) is 0 Å². The van der Waals surface area contributed by atoms with Crippen LogP contribution in [0.5, 0.6) is 0 Å². The Kier molecular flexibility index (Phi) is 6.29. The van der Waals surface area contributed by atoms with Crippen LogP contribution < -0.4 is 0 Å². The number of hydrogen-bond acceptors (Lipinski definition) is 3. The molecule has 1 amide bonds. The molecule has 29 heavy (non-hydrogen) atoms. The third-order valence-corrected chi connectivity index (χ3v) is 8.01. The predicted molar refractivity (Wildman–Crippen MR) is 103 cm³/mol. The molecule has 0 saturated carbocycles. The molecule has 1 aromatic rings. The highest BCUT2D eigenvalue weighted by Crippen LogP contribution is 2.34. The number of benzene rings is 1. The SMILES string of the molecule is Cc1ccc(S(=O)(=O)N2CCC(C(=O)N3CCC[C@H](C(F)(F)F)C3)CC2)c(C)c1. The Morgan fingerprint density at radius 1 is 1.07 bits per heavy atom. The van der Waals surface area contributed by atoms with Crippen LogP contribution in [0.2, 0.25) is 0 Å². The molecule has 2 saturated heterocycles. The fourth-order valence-corrected chi connectivity index (χ4v) is 5.95. The molecule has 2 aliphatic rings. The maximum Gasteiger partial charge on any atom is 0.393 e. The quantitative estimate of drug-likeness (QED) is 0.735. The lowest BCUT2D eigenvalue weighted by molar-refractivity contribution is -0.188. The van der Waals surface area contributed by atoms with E-state index in [0.29, 0.717) is 31.4 Å². The minimum absolute atomic E-state index is 0.0554. The zero-order chi connectivity index (χ0) is 21.4. The van der Waals surface area contributed by atoms with Crippen LogP contribution >= 0.6 is 0 Å². The van der Waals surface area contributed by atoms with Gasteiger partial charge in [0.1, 0.15) is 0 Å². The van der Waals surface area contributed by atoms with Crippen molar-refractivity contribution in [2.24, 2.45) is 11.8 Å². The fraction of sp³-hybridized carbons (Fsp3) is 0.650. The molecule has 0 aliphatic carbocycles. The number of nitrogens with zero attached hydrogens (tertiary/aromatic N) is 2. The number of piperidine rings is 2. The molecule has 2 heterocycles. The number of carbonyl (C=O) groups is 1. The first-order valence-corrected chi connectivity index (χ1v) is 11.4. The van der Waals surface area contributed by atoms with Gasteiger partial charge in [0.05, 0.1) is 10.8 Å². The van der Waals surface area contributed by atoms with Gasteiger partial charge in [0.15, 0.2) is 0 Å². The Morgan fingerprint density at radius 2 is 1.72 bits per heavy atom. The summed E-state index contributed by atoms with van der Waals surface area (Å²) in [6.07, 6.45) is -3.23. The Hall–Kier alpha value is -1.61. The third-order valence-electron chi connectivity index (χ3n) is 5.95. The predicted octanol–water partition coefficient (Wildman–Crippen LogP) is 3.51. The van der Waals surface area contributed by atoms with Crippen LogP contribution in [0.3, 0.4) is 0 Å². The van der Waals surface area contributed by atoms with Crippen molar-refractivity contribution in [2.45, 2.75) is 50.6 Å². The monoisotopic (exact) mass is 432 g/mol. The van der Waals surface area contributed by atoms with Crippen LogP contribution in [-0.2, 0) is 14.8 Å². The Bertz CT molecular complexity index is 862. The maximum atomic E-state index is 13.0. The molecule has 0 unspecified atom stereocenters. The van der Waals surface area contributed by atoms with Crippen molar-refractivity contribution in [2.75, 3.05) is 26.2 Å². The van der Waals surface area contributed by atoms with E-state index in [-0.39, 0.29) is 36.9 Å². The van der Waals surface area contributed by atoms with E-state index in [1.54, 1.807) is 19.1 Å². The molecule has 1 atom stereocenters. The molecular weight excluding hydrogens is 405 g/mol. The lowest BCUT2D eigenvalue weighted by atomic mass is 9.92. The summed E-state index contributed by atoms with van der Waals surface area (Å²) >= 11 is 0. The summed E-state index contributed by atoms with van der Waals surface area (Å²) in [5.74, 6) is -2.17. The normalized spacial score (nSPS) is 22.7. The van der Waals surface area contributed by atoms with Crippen LogP contribution in [0.4, 0.5) is 13.2 Å². The van der Waals surface area contributed by atoms with E-state index in [0.717, 1.165) is 5.56 Å². The van der Waals surface area contributed by atoms with Crippen LogP contribution in [0.15, 0.2) is 23.1 Å². The zero-order valence-electron chi connectivity index (χ0n) is 16.7. The summed E-state index contributed by atoms with van der Waals surface area (Å²) in [7, 11) is -3.65. The summed E-state index contributed by atoms with van der Waals surface area (Å²) in [5, 5.41) is 0. The molecule has 2 fully saturated rings. The van der Waals surface area contributed by atoms with Crippen molar-refractivity contribution in [3.63, 3.8) is 0 Å². The first-order chi connectivity index (χ1) is 13.5. The van der Waals surface area contributed by atoms with Gasteiger partial charge in [-0.3, -0.25) is 4.79 Å². The second kappa shape index (κ2) is 8.26. The zero-order valence-corrected chi connectivity index (χ0v) is 17.5. The van der Waals surface area contributed by atoms with E-state index in [1.807, 2.05) is 13.0 Å². The van der Waals surface area contributed by atoms with Gasteiger partial charge < -0.3 is 4.90 Å². The molecule has 5 nitrogen and oxygen atoms in total. The molecule has 0 radical (unpaired) electrons. The number of sulfonamides is 1. The summed E-state index contributed by atoms with van der Waals surface area (Å²) < 4.78 is 66.3. The fourth-order valence-electron chi connectivity index (χ4n) is 4.27. The van der Waals surface area contributed by atoms with Crippen molar-refractivity contribution in [1.29, 1.82) is 0 Å². The molecule has 2 aliphatic heterocycles. The molecule has 0 aromatic heterocycles. The maximum absolute atomic E-state index is 13.0. The molecule has 0 N–H and O–H groups in total. The minimum Gasteiger partial charge on any atom is -0.342 e. The van der Waals surface area contributed by atoms with Gasteiger partial charge in [-0.05, 0) is 51.2 Å². The number of rotatable bonds is 3. The third kappa shape index (κ3) is 4.77. The Labute approximate surface area is 169 Å². The van der Waals surface area contributed by atoms with E-state index < -0.39 is 28.0 Å². The Morgan fingerprint density at radius 3 is 2.31 bits per heavy atom. The van der Waals surface area contributed by atoms with Crippen LogP contribution in [-0.4, -0.2) is 55.9 Å². The average molecular weight is 433 g/mol. The molecule has 3 rings (SSSR count). The van der Waals surface area contributed by atoms with Gasteiger partial charge in [0, 0.05) is 32.1 Å². The van der Waals surface area contributed by atoms with Crippen molar-refractivity contribution >= 4 is 15.9 Å². The summed E-state index contributed by atoms with van der Waals surface area (Å²) in [6.45, 7) is 4.09. The molecule has 0 spiro atoms. The molecule has 9 heteroatoms.